The van der Waals surface area contributed by atoms with Gasteiger partial charge in [-0.3, -0.25) is 0 Å². The monoisotopic (exact) mass is 164 g/mol. The summed E-state index contributed by atoms with van der Waals surface area (Å²) in [5.41, 5.74) is 1.44. The molecule has 0 N–H and O–H groups in total. The van der Waals surface area contributed by atoms with E-state index >= 15 is 0 Å². The van der Waals surface area contributed by atoms with Crippen LogP contribution in [0.3, 0.4) is 0 Å². The van der Waals surface area contributed by atoms with Crippen molar-refractivity contribution in [2.75, 3.05) is 0 Å². The van der Waals surface area contributed by atoms with Crippen LogP contribution in [0.2, 0.25) is 0 Å². The molecule has 2 aromatic carbocycles. The summed E-state index contributed by atoms with van der Waals surface area (Å²) < 4.78 is 0. The summed E-state index contributed by atoms with van der Waals surface area (Å²) in [6, 6.07) is 15.0. The Kier molecular flexibility index (Phi) is 3.60. The van der Waals surface area contributed by atoms with Gasteiger partial charge in [0.05, 0.1) is 0 Å². The first-order chi connectivity index (χ1) is 5.92. The molecule has 2 rings (SSSR count). The van der Waals surface area contributed by atoms with Crippen LogP contribution in [0.15, 0.2) is 42.5 Å². The minimum atomic E-state index is 0. The number of hydrogen-bond acceptors (Lipinski definition) is 0. The van der Waals surface area contributed by atoms with Crippen LogP contribution in [0, 0.1) is 0 Å². The molecule has 62 valence electrons. The van der Waals surface area contributed by atoms with Gasteiger partial charge in [-0.1, -0.05) is 49.4 Å². The second-order valence-corrected chi connectivity index (χ2v) is 2.99. The van der Waals surface area contributed by atoms with Crippen molar-refractivity contribution in [1.29, 1.82) is 0 Å². The third-order valence-electron chi connectivity index (χ3n) is 2.26. The van der Waals surface area contributed by atoms with Crippen molar-refractivity contribution in [2.45, 2.75) is 13.3 Å². The van der Waals surface area contributed by atoms with Crippen molar-refractivity contribution in [1.82, 2.24) is 0 Å². The van der Waals surface area contributed by atoms with Crippen molar-refractivity contribution in [2.24, 2.45) is 0 Å². The summed E-state index contributed by atoms with van der Waals surface area (Å²) in [5.74, 6) is 0. The first-order valence-electron chi connectivity index (χ1n) is 4.38. The quantitative estimate of drug-likeness (QED) is 0.568. The molecule has 0 saturated heterocycles. The standard InChI is InChI=1S/C12H12.Li.H/c1-2-10-7-5-8-11-6-3-4-9-12(10)11;;/h3-9H,2H2,1H3;;. The molecule has 0 unspecified atom stereocenters. The fraction of sp³-hybridized carbons (Fsp3) is 0.167. The van der Waals surface area contributed by atoms with Crippen LogP contribution in [0.5, 0.6) is 0 Å². The van der Waals surface area contributed by atoms with Gasteiger partial charge in [0.25, 0.3) is 0 Å². The van der Waals surface area contributed by atoms with Gasteiger partial charge in [-0.05, 0) is 22.8 Å². The van der Waals surface area contributed by atoms with E-state index in [9.17, 15) is 0 Å². The number of hydrogen-bond donors (Lipinski definition) is 0. The topological polar surface area (TPSA) is 0 Å². The summed E-state index contributed by atoms with van der Waals surface area (Å²) in [7, 11) is 0. The summed E-state index contributed by atoms with van der Waals surface area (Å²) in [6.07, 6.45) is 1.11. The fourth-order valence-electron chi connectivity index (χ4n) is 1.60. The average molecular weight is 164 g/mol. The molecule has 0 atom stereocenters. The molecule has 0 aliphatic rings. The maximum atomic E-state index is 2.20. The van der Waals surface area contributed by atoms with Crippen LogP contribution >= 0.6 is 0 Å². The molecule has 0 aliphatic carbocycles. The van der Waals surface area contributed by atoms with E-state index in [4.69, 9.17) is 0 Å². The van der Waals surface area contributed by atoms with E-state index in [0.29, 0.717) is 0 Å². The van der Waals surface area contributed by atoms with Gasteiger partial charge < -0.3 is 0 Å². The second-order valence-electron chi connectivity index (χ2n) is 2.99. The van der Waals surface area contributed by atoms with E-state index in [-0.39, 0.29) is 18.9 Å². The Bertz CT molecular complexity index is 388. The zero-order chi connectivity index (χ0) is 8.39. The van der Waals surface area contributed by atoms with Crippen LogP contribution in [0.4, 0.5) is 0 Å². The van der Waals surface area contributed by atoms with E-state index in [2.05, 4.69) is 49.4 Å². The van der Waals surface area contributed by atoms with Gasteiger partial charge in [0.2, 0.25) is 0 Å². The summed E-state index contributed by atoms with van der Waals surface area (Å²) in [4.78, 5) is 0. The van der Waals surface area contributed by atoms with Crippen LogP contribution in [-0.2, 0) is 6.42 Å². The number of rotatable bonds is 1. The van der Waals surface area contributed by atoms with Gasteiger partial charge in [-0.25, -0.2) is 0 Å². The van der Waals surface area contributed by atoms with E-state index in [1.54, 1.807) is 0 Å². The molecular weight excluding hydrogens is 151 g/mol. The minimum absolute atomic E-state index is 0. The Labute approximate surface area is 91.1 Å². The van der Waals surface area contributed by atoms with Crippen molar-refractivity contribution in [3.63, 3.8) is 0 Å². The van der Waals surface area contributed by atoms with Gasteiger partial charge in [-0.2, -0.15) is 0 Å². The molecule has 1 heteroatoms. The summed E-state index contributed by atoms with van der Waals surface area (Å²) in [5, 5.41) is 2.74. The molecule has 0 spiro atoms. The first kappa shape index (κ1) is 10.4. The van der Waals surface area contributed by atoms with Gasteiger partial charge in [0, 0.05) is 0 Å². The second kappa shape index (κ2) is 4.51. The van der Waals surface area contributed by atoms with Crippen LogP contribution in [-0.4, -0.2) is 18.9 Å². The van der Waals surface area contributed by atoms with Crippen molar-refractivity contribution < 1.29 is 0 Å². The molecular formula is C12H13Li. The number of benzene rings is 2. The maximum absolute atomic E-state index is 2.20. The predicted octanol–water partition coefficient (Wildman–Crippen LogP) is 2.75. The molecule has 0 radical (unpaired) electrons. The van der Waals surface area contributed by atoms with Crippen molar-refractivity contribution >= 4 is 29.6 Å². The number of fused-ring (bicyclic) bond motifs is 1. The molecule has 13 heavy (non-hydrogen) atoms. The number of aryl methyl sites for hydroxylation is 1. The molecule has 2 aromatic rings. The average Bonchev–Trinajstić information content (AvgIpc) is 2.17. The summed E-state index contributed by atoms with van der Waals surface area (Å²) >= 11 is 0. The molecule has 0 heterocycles. The van der Waals surface area contributed by atoms with Crippen molar-refractivity contribution in [3.8, 4) is 0 Å². The third kappa shape index (κ3) is 1.96. The van der Waals surface area contributed by atoms with E-state index in [1.165, 1.54) is 16.3 Å². The van der Waals surface area contributed by atoms with Gasteiger partial charge >= 0.3 is 18.9 Å². The van der Waals surface area contributed by atoms with Crippen LogP contribution < -0.4 is 0 Å². The van der Waals surface area contributed by atoms with Gasteiger partial charge in [0.1, 0.15) is 0 Å². The predicted molar refractivity (Wildman–Crippen MR) is 60.5 cm³/mol. The Balaban J connectivity index is 0.000000845. The molecule has 0 nitrogen and oxygen atoms in total. The normalized spacial score (nSPS) is 9.62. The molecule has 0 saturated carbocycles. The van der Waals surface area contributed by atoms with Crippen molar-refractivity contribution in [3.05, 3.63) is 48.0 Å². The fourth-order valence-corrected chi connectivity index (χ4v) is 1.60. The van der Waals surface area contributed by atoms with Crippen LogP contribution in [0.25, 0.3) is 10.8 Å². The Morgan fingerprint density at radius 1 is 0.923 bits per heavy atom. The zero-order valence-electron chi connectivity index (χ0n) is 7.25. The van der Waals surface area contributed by atoms with Gasteiger partial charge in [-0.15, -0.1) is 0 Å². The molecule has 0 bridgehead atoms. The van der Waals surface area contributed by atoms with Crippen LogP contribution in [0.1, 0.15) is 12.5 Å². The Morgan fingerprint density at radius 2 is 1.62 bits per heavy atom. The molecule has 0 fully saturated rings. The molecule has 0 aromatic heterocycles. The summed E-state index contributed by atoms with van der Waals surface area (Å²) in [6.45, 7) is 2.20. The molecule has 0 aliphatic heterocycles. The first-order valence-corrected chi connectivity index (χ1v) is 4.38. The molecule has 0 amide bonds. The third-order valence-corrected chi connectivity index (χ3v) is 2.26. The Morgan fingerprint density at radius 3 is 2.38 bits per heavy atom. The van der Waals surface area contributed by atoms with E-state index < -0.39 is 0 Å². The zero-order valence-corrected chi connectivity index (χ0v) is 7.25. The van der Waals surface area contributed by atoms with Gasteiger partial charge in [0.15, 0.2) is 0 Å². The Hall–Kier alpha value is -0.703. The van der Waals surface area contributed by atoms with E-state index in [1.807, 2.05) is 0 Å². The van der Waals surface area contributed by atoms with E-state index in [0.717, 1.165) is 6.42 Å². The SMILES string of the molecule is CCc1cccc2ccccc12.[LiH].